The van der Waals surface area contributed by atoms with Gasteiger partial charge < -0.3 is 19.2 Å². The number of halogens is 1. The third-order valence-corrected chi connectivity index (χ3v) is 7.17. The molecule has 0 radical (unpaired) electrons. The molecule has 1 atom stereocenters. The molecule has 1 aliphatic rings. The second-order valence-electron chi connectivity index (χ2n) is 9.25. The van der Waals surface area contributed by atoms with E-state index < -0.39 is 0 Å². The average molecular weight is 481 g/mol. The molecule has 3 aromatic rings. The molecule has 186 valence electrons. The Labute approximate surface area is 205 Å². The van der Waals surface area contributed by atoms with Gasteiger partial charge in [0.05, 0.1) is 18.9 Å². The summed E-state index contributed by atoms with van der Waals surface area (Å²) in [6.07, 6.45) is 3.71. The number of para-hydroxylation sites is 1. The predicted octanol–water partition coefficient (Wildman–Crippen LogP) is 5.04. The third-order valence-electron chi connectivity index (χ3n) is 7.17. The van der Waals surface area contributed by atoms with Crippen LogP contribution in [0.5, 0.6) is 11.5 Å². The van der Waals surface area contributed by atoms with Crippen molar-refractivity contribution in [3.63, 3.8) is 0 Å². The lowest BCUT2D eigenvalue weighted by Crippen LogP contribution is -2.47. The number of piperidine rings is 1. The molecule has 7 heteroatoms. The zero-order valence-electron chi connectivity index (χ0n) is 20.5. The van der Waals surface area contributed by atoms with Crippen molar-refractivity contribution in [2.75, 3.05) is 27.2 Å². The number of furan rings is 1. The van der Waals surface area contributed by atoms with Crippen molar-refractivity contribution in [1.82, 2.24) is 9.80 Å². The number of aryl methyl sites for hydroxylation is 1. The first-order valence-electron chi connectivity index (χ1n) is 12.0. The number of hydrogen-bond donors (Lipinski definition) is 1. The zero-order chi connectivity index (χ0) is 24.9. The van der Waals surface area contributed by atoms with Crippen LogP contribution in [-0.2, 0) is 13.0 Å². The summed E-state index contributed by atoms with van der Waals surface area (Å²) < 4.78 is 25.1. The molecule has 2 aromatic carbocycles. The van der Waals surface area contributed by atoms with Crippen LogP contribution in [0.25, 0.3) is 0 Å². The van der Waals surface area contributed by atoms with E-state index in [-0.39, 0.29) is 29.4 Å². The van der Waals surface area contributed by atoms with Gasteiger partial charge >= 0.3 is 0 Å². The van der Waals surface area contributed by atoms with E-state index >= 15 is 0 Å². The number of carbonyl (C=O) groups excluding carboxylic acids is 1. The van der Waals surface area contributed by atoms with Crippen molar-refractivity contribution >= 4 is 5.91 Å². The molecule has 0 aliphatic carbocycles. The van der Waals surface area contributed by atoms with Crippen LogP contribution in [0.4, 0.5) is 4.39 Å². The predicted molar refractivity (Wildman–Crippen MR) is 132 cm³/mol. The van der Waals surface area contributed by atoms with Crippen LogP contribution in [0.1, 0.15) is 40.1 Å². The number of methoxy groups -OCH3 is 1. The maximum Gasteiger partial charge on any atom is 0.257 e. The Bertz CT molecular complexity index is 1150. The van der Waals surface area contributed by atoms with Crippen LogP contribution >= 0.6 is 0 Å². The van der Waals surface area contributed by atoms with Gasteiger partial charge in [-0.2, -0.15) is 0 Å². The topological polar surface area (TPSA) is 66.2 Å². The van der Waals surface area contributed by atoms with Crippen molar-refractivity contribution in [3.05, 3.63) is 83.1 Å². The fourth-order valence-electron chi connectivity index (χ4n) is 5.05. The smallest absolute Gasteiger partial charge is 0.257 e. The second-order valence-corrected chi connectivity index (χ2v) is 9.25. The molecule has 1 aliphatic heterocycles. The molecule has 1 N–H and O–H groups in total. The van der Waals surface area contributed by atoms with E-state index in [2.05, 4.69) is 4.90 Å². The SMILES string of the molecule is COc1cccc(CN2CCC([C@@H](Cc3ccccc3F)N(C)C(=O)c3ccoc3C)CC2)c1O. The van der Waals surface area contributed by atoms with Crippen molar-refractivity contribution in [1.29, 1.82) is 0 Å². The number of likely N-dealkylation sites (N-methyl/N-ethyl adjacent to an activating group) is 1. The maximum atomic E-state index is 14.6. The van der Waals surface area contributed by atoms with Gasteiger partial charge in [-0.1, -0.05) is 30.3 Å². The largest absolute Gasteiger partial charge is 0.504 e. The van der Waals surface area contributed by atoms with Gasteiger partial charge in [-0.05, 0) is 69.0 Å². The lowest BCUT2D eigenvalue weighted by atomic mass is 9.84. The van der Waals surface area contributed by atoms with Crippen molar-refractivity contribution in [2.24, 2.45) is 5.92 Å². The third kappa shape index (κ3) is 5.51. The van der Waals surface area contributed by atoms with Crippen LogP contribution in [0.15, 0.2) is 59.2 Å². The highest BCUT2D eigenvalue weighted by Crippen LogP contribution is 2.33. The molecule has 0 unspecified atom stereocenters. The highest BCUT2D eigenvalue weighted by atomic mass is 19.1. The van der Waals surface area contributed by atoms with E-state index in [1.165, 1.54) is 12.3 Å². The molecule has 1 aromatic heterocycles. The summed E-state index contributed by atoms with van der Waals surface area (Å²) in [7, 11) is 3.35. The summed E-state index contributed by atoms with van der Waals surface area (Å²) in [5.41, 5.74) is 1.98. The normalized spacial score (nSPS) is 15.7. The molecule has 0 saturated carbocycles. The van der Waals surface area contributed by atoms with E-state index in [0.29, 0.717) is 35.6 Å². The van der Waals surface area contributed by atoms with E-state index in [9.17, 15) is 14.3 Å². The van der Waals surface area contributed by atoms with Gasteiger partial charge in [0.1, 0.15) is 11.6 Å². The van der Waals surface area contributed by atoms with Gasteiger partial charge in [0.15, 0.2) is 11.5 Å². The van der Waals surface area contributed by atoms with Crippen molar-refractivity contribution in [3.8, 4) is 11.5 Å². The number of likely N-dealkylation sites (tertiary alicyclic amines) is 1. The Morgan fingerprint density at radius 3 is 2.54 bits per heavy atom. The summed E-state index contributed by atoms with van der Waals surface area (Å²) in [5, 5.41) is 10.5. The highest BCUT2D eigenvalue weighted by Gasteiger charge is 2.33. The van der Waals surface area contributed by atoms with E-state index in [1.54, 1.807) is 50.2 Å². The Hall–Kier alpha value is -3.32. The van der Waals surface area contributed by atoms with Gasteiger partial charge in [0, 0.05) is 25.2 Å². The molecule has 4 rings (SSSR count). The van der Waals surface area contributed by atoms with Gasteiger partial charge in [0.2, 0.25) is 0 Å². The number of benzene rings is 2. The number of nitrogens with zero attached hydrogens (tertiary/aromatic N) is 2. The number of ether oxygens (including phenoxy) is 1. The van der Waals surface area contributed by atoms with Gasteiger partial charge in [-0.3, -0.25) is 9.69 Å². The summed E-state index contributed by atoms with van der Waals surface area (Å²) in [6.45, 7) is 4.04. The molecule has 1 amide bonds. The summed E-state index contributed by atoms with van der Waals surface area (Å²) in [4.78, 5) is 17.4. The Balaban J connectivity index is 1.49. The quantitative estimate of drug-likeness (QED) is 0.490. The first-order chi connectivity index (χ1) is 16.9. The van der Waals surface area contributed by atoms with Crippen LogP contribution in [0.3, 0.4) is 0 Å². The number of phenols is 1. The van der Waals surface area contributed by atoms with Crippen molar-refractivity contribution in [2.45, 2.75) is 38.8 Å². The summed E-state index contributed by atoms with van der Waals surface area (Å²) in [5.74, 6) is 1.09. The molecule has 6 nitrogen and oxygen atoms in total. The Morgan fingerprint density at radius 2 is 1.89 bits per heavy atom. The van der Waals surface area contributed by atoms with E-state index in [1.807, 2.05) is 18.2 Å². The summed E-state index contributed by atoms with van der Waals surface area (Å²) >= 11 is 0. The number of amides is 1. The molecular weight excluding hydrogens is 447 g/mol. The lowest BCUT2D eigenvalue weighted by molar-refractivity contribution is 0.0581. The van der Waals surface area contributed by atoms with Gasteiger partial charge in [-0.15, -0.1) is 0 Å². The molecule has 2 heterocycles. The van der Waals surface area contributed by atoms with Crippen LogP contribution in [0.2, 0.25) is 0 Å². The number of phenolic OH excluding ortho intramolecular Hbond substituents is 1. The number of hydrogen-bond acceptors (Lipinski definition) is 5. The Kier molecular flexibility index (Phi) is 7.76. The minimum atomic E-state index is -0.247. The minimum Gasteiger partial charge on any atom is -0.504 e. The van der Waals surface area contributed by atoms with Crippen LogP contribution < -0.4 is 4.74 Å². The van der Waals surface area contributed by atoms with Crippen LogP contribution in [0, 0.1) is 18.7 Å². The zero-order valence-corrected chi connectivity index (χ0v) is 20.5. The fraction of sp³-hybridized carbons (Fsp3) is 0.393. The van der Waals surface area contributed by atoms with E-state index in [4.69, 9.17) is 9.15 Å². The molecule has 0 bridgehead atoms. The second kappa shape index (κ2) is 11.0. The maximum absolute atomic E-state index is 14.6. The molecule has 0 spiro atoms. The molecular formula is C28H33FN2O4. The van der Waals surface area contributed by atoms with Gasteiger partial charge in [-0.25, -0.2) is 4.39 Å². The highest BCUT2D eigenvalue weighted by molar-refractivity contribution is 5.95. The first kappa shape index (κ1) is 24.8. The Morgan fingerprint density at radius 1 is 1.17 bits per heavy atom. The number of carbonyl (C=O) groups is 1. The van der Waals surface area contributed by atoms with Crippen molar-refractivity contribution < 1.29 is 23.4 Å². The minimum absolute atomic E-state index is 0.110. The molecule has 35 heavy (non-hydrogen) atoms. The lowest BCUT2D eigenvalue weighted by Gasteiger charge is -2.40. The van der Waals surface area contributed by atoms with E-state index in [0.717, 1.165) is 31.5 Å². The molecule has 1 fully saturated rings. The van der Waals surface area contributed by atoms with Gasteiger partial charge in [0.25, 0.3) is 5.91 Å². The molecule has 1 saturated heterocycles. The average Bonchev–Trinajstić information content (AvgIpc) is 3.30. The fourth-order valence-corrected chi connectivity index (χ4v) is 5.05. The first-order valence-corrected chi connectivity index (χ1v) is 12.0. The summed E-state index contributed by atoms with van der Waals surface area (Å²) in [6, 6.07) is 13.9. The standard InChI is InChI=1S/C28H33FN2O4/c1-19-23(13-16-35-19)28(33)30(2)25(17-21-7-4-5-9-24(21)29)20-11-14-31(15-12-20)18-22-8-6-10-26(34-3)27(22)32/h4-10,13,16,20,25,32H,11-12,14-15,17-18H2,1-3H3/t25-/m1/s1. The number of rotatable bonds is 8. The number of aromatic hydroxyl groups is 1. The van der Waals surface area contributed by atoms with Crippen LogP contribution in [-0.4, -0.2) is 54.1 Å². The monoisotopic (exact) mass is 480 g/mol.